The first-order chi connectivity index (χ1) is 9.90. The summed E-state index contributed by atoms with van der Waals surface area (Å²) in [5.41, 5.74) is -0.430. The third kappa shape index (κ3) is 3.86. The van der Waals surface area contributed by atoms with Gasteiger partial charge in [-0.25, -0.2) is 0 Å². The van der Waals surface area contributed by atoms with E-state index in [9.17, 15) is 18.0 Å². The predicted molar refractivity (Wildman–Crippen MR) is 65.4 cm³/mol. The minimum Gasteiger partial charge on any atom is -0.404 e. The average molecular weight is 300 g/mol. The number of rotatable bonds is 3. The summed E-state index contributed by atoms with van der Waals surface area (Å²) in [7, 11) is 0. The molecule has 0 bridgehead atoms. The molecule has 0 aliphatic carbocycles. The van der Waals surface area contributed by atoms with Gasteiger partial charge in [0.1, 0.15) is 23.5 Å². The molecule has 0 spiro atoms. The zero-order valence-corrected chi connectivity index (χ0v) is 10.7. The fourth-order valence-corrected chi connectivity index (χ4v) is 1.96. The largest absolute Gasteiger partial charge is 0.573 e. The Hall–Kier alpha value is -2.27. The van der Waals surface area contributed by atoms with E-state index in [2.05, 4.69) is 10.1 Å². The van der Waals surface area contributed by atoms with Crippen molar-refractivity contribution in [3.8, 4) is 11.8 Å². The van der Waals surface area contributed by atoms with E-state index in [1.165, 1.54) is 12.1 Å². The molecule has 1 N–H and O–H groups in total. The van der Waals surface area contributed by atoms with Gasteiger partial charge in [0.2, 0.25) is 0 Å². The number of hydrogen-bond donors (Lipinski definition) is 1. The molecule has 1 atom stereocenters. The zero-order chi connectivity index (χ0) is 15.5. The van der Waals surface area contributed by atoms with Crippen LogP contribution in [-0.2, 0) is 9.53 Å². The fourth-order valence-electron chi connectivity index (χ4n) is 1.96. The van der Waals surface area contributed by atoms with Crippen molar-refractivity contribution >= 4 is 11.6 Å². The Labute approximate surface area is 118 Å². The second kappa shape index (κ2) is 6.01. The highest BCUT2D eigenvalue weighted by Gasteiger charge is 2.33. The van der Waals surface area contributed by atoms with Gasteiger partial charge < -0.3 is 14.8 Å². The van der Waals surface area contributed by atoms with Gasteiger partial charge in [-0.05, 0) is 25.0 Å². The van der Waals surface area contributed by atoms with E-state index < -0.39 is 24.1 Å². The fraction of sp³-hybridized carbons (Fsp3) is 0.385. The molecule has 1 aliphatic heterocycles. The van der Waals surface area contributed by atoms with Crippen molar-refractivity contribution in [3.05, 3.63) is 23.8 Å². The number of carbonyl (C=O) groups is 1. The quantitative estimate of drug-likeness (QED) is 0.931. The molecule has 1 aliphatic rings. The number of ether oxygens (including phenoxy) is 2. The number of nitrogens with one attached hydrogen (secondary N) is 1. The monoisotopic (exact) mass is 300 g/mol. The Morgan fingerprint density at radius 3 is 2.81 bits per heavy atom. The molecule has 0 aromatic heterocycles. The van der Waals surface area contributed by atoms with Crippen LogP contribution in [0.1, 0.15) is 18.4 Å². The van der Waals surface area contributed by atoms with Gasteiger partial charge in [-0.15, -0.1) is 13.2 Å². The number of nitriles is 1. The molecule has 2 rings (SSSR count). The molecule has 112 valence electrons. The van der Waals surface area contributed by atoms with Crippen molar-refractivity contribution in [2.45, 2.75) is 25.3 Å². The van der Waals surface area contributed by atoms with Crippen LogP contribution in [-0.4, -0.2) is 25.0 Å². The van der Waals surface area contributed by atoms with Crippen LogP contribution in [0.15, 0.2) is 18.2 Å². The smallest absolute Gasteiger partial charge is 0.404 e. The predicted octanol–water partition coefficient (Wildman–Crippen LogP) is 2.57. The summed E-state index contributed by atoms with van der Waals surface area (Å²) in [5.74, 6) is -1.15. The normalized spacial score (nSPS) is 18.1. The Balaban J connectivity index is 2.21. The number of carbonyl (C=O) groups excluding carboxylic acids is 1. The lowest BCUT2D eigenvalue weighted by Crippen LogP contribution is -2.27. The maximum absolute atomic E-state index is 12.3. The number of amides is 1. The maximum atomic E-state index is 12.3. The first-order valence-corrected chi connectivity index (χ1v) is 6.12. The number of hydrogen-bond acceptors (Lipinski definition) is 4. The number of anilines is 1. The highest BCUT2D eigenvalue weighted by Crippen LogP contribution is 2.31. The van der Waals surface area contributed by atoms with Crippen molar-refractivity contribution < 1.29 is 27.4 Å². The molecular formula is C13H11F3N2O3. The first-order valence-electron chi connectivity index (χ1n) is 6.12. The molecule has 0 saturated carbocycles. The van der Waals surface area contributed by atoms with E-state index >= 15 is 0 Å². The highest BCUT2D eigenvalue weighted by molar-refractivity contribution is 5.95. The van der Waals surface area contributed by atoms with Gasteiger partial charge in [-0.1, -0.05) is 6.07 Å². The molecule has 0 radical (unpaired) electrons. The van der Waals surface area contributed by atoms with Gasteiger partial charge >= 0.3 is 6.36 Å². The third-order valence-corrected chi connectivity index (χ3v) is 2.84. The number of alkyl halides is 3. The van der Waals surface area contributed by atoms with Crippen LogP contribution in [0.2, 0.25) is 0 Å². The van der Waals surface area contributed by atoms with E-state index in [0.29, 0.717) is 13.0 Å². The maximum Gasteiger partial charge on any atom is 0.573 e. The number of benzene rings is 1. The van der Waals surface area contributed by atoms with Crippen LogP contribution < -0.4 is 10.1 Å². The topological polar surface area (TPSA) is 71.4 Å². The van der Waals surface area contributed by atoms with Crippen molar-refractivity contribution in [3.63, 3.8) is 0 Å². The van der Waals surface area contributed by atoms with Crippen LogP contribution >= 0.6 is 0 Å². The van der Waals surface area contributed by atoms with Gasteiger partial charge in [0.05, 0.1) is 5.69 Å². The summed E-state index contributed by atoms with van der Waals surface area (Å²) in [6.45, 7) is 0.459. The molecule has 1 heterocycles. The van der Waals surface area contributed by atoms with Gasteiger partial charge in [0.25, 0.3) is 5.91 Å². The summed E-state index contributed by atoms with van der Waals surface area (Å²) in [6, 6.07) is 5.19. The van der Waals surface area contributed by atoms with Crippen LogP contribution in [0.4, 0.5) is 18.9 Å². The summed E-state index contributed by atoms with van der Waals surface area (Å²) in [5, 5.41) is 11.4. The third-order valence-electron chi connectivity index (χ3n) is 2.84. The van der Waals surface area contributed by atoms with Gasteiger partial charge in [-0.3, -0.25) is 4.79 Å². The minimum atomic E-state index is -4.91. The second-order valence-corrected chi connectivity index (χ2v) is 4.33. The van der Waals surface area contributed by atoms with Crippen LogP contribution in [0, 0.1) is 11.3 Å². The lowest BCUT2D eigenvalue weighted by Gasteiger charge is -2.14. The lowest BCUT2D eigenvalue weighted by molar-refractivity contribution is -0.274. The van der Waals surface area contributed by atoms with E-state index in [1.807, 2.05) is 0 Å². The molecular weight excluding hydrogens is 289 g/mol. The minimum absolute atomic E-state index is 0.0419. The molecule has 21 heavy (non-hydrogen) atoms. The highest BCUT2D eigenvalue weighted by atomic mass is 19.4. The average Bonchev–Trinajstić information content (AvgIpc) is 2.91. The summed E-state index contributed by atoms with van der Waals surface area (Å²) in [4.78, 5) is 11.9. The Kier molecular flexibility index (Phi) is 4.33. The van der Waals surface area contributed by atoms with Gasteiger partial charge in [0.15, 0.2) is 0 Å². The number of nitrogens with zero attached hydrogens (tertiary/aromatic N) is 1. The standard InChI is InChI=1S/C13H11F3N2O3/c14-13(15,16)21-10-4-1-3-9(8(10)7-17)18-12(19)11-5-2-6-20-11/h1,3-4,11H,2,5-6H2,(H,18,19)/t11-/m1/s1. The molecule has 1 fully saturated rings. The van der Waals surface area contributed by atoms with Crippen LogP contribution in [0.3, 0.4) is 0 Å². The molecule has 8 heteroatoms. The van der Waals surface area contributed by atoms with Gasteiger partial charge in [0, 0.05) is 6.61 Å². The molecule has 1 amide bonds. The van der Waals surface area contributed by atoms with Crippen molar-refractivity contribution in [2.24, 2.45) is 0 Å². The molecule has 0 unspecified atom stereocenters. The SMILES string of the molecule is N#Cc1c(NC(=O)[C@H]2CCCO2)cccc1OC(F)(F)F. The molecule has 1 aromatic carbocycles. The van der Waals surface area contributed by atoms with Crippen molar-refractivity contribution in [1.82, 2.24) is 0 Å². The van der Waals surface area contributed by atoms with E-state index in [1.54, 1.807) is 6.07 Å². The number of halogens is 3. The summed E-state index contributed by atoms with van der Waals surface area (Å²) in [6.07, 6.45) is -4.29. The van der Waals surface area contributed by atoms with E-state index in [-0.39, 0.29) is 11.3 Å². The van der Waals surface area contributed by atoms with E-state index in [4.69, 9.17) is 10.00 Å². The first kappa shape index (κ1) is 15.1. The van der Waals surface area contributed by atoms with Crippen LogP contribution in [0.5, 0.6) is 5.75 Å². The molecule has 5 nitrogen and oxygen atoms in total. The zero-order valence-electron chi connectivity index (χ0n) is 10.7. The van der Waals surface area contributed by atoms with Crippen LogP contribution in [0.25, 0.3) is 0 Å². The second-order valence-electron chi connectivity index (χ2n) is 4.33. The Morgan fingerprint density at radius 2 is 2.24 bits per heavy atom. The van der Waals surface area contributed by atoms with E-state index in [0.717, 1.165) is 12.5 Å². The molecule has 1 aromatic rings. The summed E-state index contributed by atoms with van der Waals surface area (Å²) < 4.78 is 45.7. The lowest BCUT2D eigenvalue weighted by atomic mass is 10.1. The Morgan fingerprint density at radius 1 is 1.48 bits per heavy atom. The Bertz CT molecular complexity index is 575. The summed E-state index contributed by atoms with van der Waals surface area (Å²) >= 11 is 0. The van der Waals surface area contributed by atoms with Crippen molar-refractivity contribution in [1.29, 1.82) is 5.26 Å². The van der Waals surface area contributed by atoms with Gasteiger partial charge in [-0.2, -0.15) is 5.26 Å². The molecule has 1 saturated heterocycles. The van der Waals surface area contributed by atoms with Crippen molar-refractivity contribution in [2.75, 3.05) is 11.9 Å².